The normalized spacial score (nSPS) is 15.6. The van der Waals surface area contributed by atoms with E-state index < -0.39 is 11.9 Å². The van der Waals surface area contributed by atoms with Crippen LogP contribution in [0, 0.1) is 5.82 Å². The van der Waals surface area contributed by atoms with Gasteiger partial charge in [-0.2, -0.15) is 0 Å². The van der Waals surface area contributed by atoms with Crippen molar-refractivity contribution >= 4 is 51.7 Å². The quantitative estimate of drug-likeness (QED) is 0.166. The molecule has 1 aromatic heterocycles. The molecule has 3 amide bonds. The van der Waals surface area contributed by atoms with Crippen molar-refractivity contribution in [2.75, 3.05) is 39.2 Å². The third-order valence-electron chi connectivity index (χ3n) is 7.88. The Kier molecular flexibility index (Phi) is 12.7. The standard InChI is InChI=1S/C32H41ClFN7O5/c1-41-14-7-6-9-26(41)32(44)40-24(8-4-3-5-10-29(35)42)31(43)36-13-15-46-28-17-21-25(18-27(28)45-2)37-19-38-30(21)39-20-11-12-23(34)22(33)16-20/h11-12,16-19,24,26H,3-10,13-15H2,1-2H3,(H2,35,42)(H,36,43)(H,40,44)(H,37,38,39)/t24-,26?/m0/s1. The van der Waals surface area contributed by atoms with Gasteiger partial charge in [0.15, 0.2) is 11.5 Å². The number of hydrogen-bond donors (Lipinski definition) is 4. The lowest BCUT2D eigenvalue weighted by molar-refractivity contribution is -0.132. The van der Waals surface area contributed by atoms with Gasteiger partial charge in [-0.15, -0.1) is 0 Å². The largest absolute Gasteiger partial charge is 0.493 e. The van der Waals surface area contributed by atoms with Crippen molar-refractivity contribution in [1.82, 2.24) is 25.5 Å². The highest BCUT2D eigenvalue weighted by Crippen LogP contribution is 2.35. The fourth-order valence-electron chi connectivity index (χ4n) is 5.37. The van der Waals surface area contributed by atoms with Crippen LogP contribution in [0.15, 0.2) is 36.7 Å². The zero-order valence-electron chi connectivity index (χ0n) is 26.1. The number of carbonyl (C=O) groups excluding carboxylic acids is 3. The van der Waals surface area contributed by atoms with Gasteiger partial charge >= 0.3 is 0 Å². The molecule has 1 fully saturated rings. The van der Waals surface area contributed by atoms with E-state index in [4.69, 9.17) is 26.8 Å². The summed E-state index contributed by atoms with van der Waals surface area (Å²) < 4.78 is 25.2. The number of unbranched alkanes of at least 4 members (excludes halogenated alkanes) is 2. The van der Waals surface area contributed by atoms with Gasteiger partial charge in [0.2, 0.25) is 17.7 Å². The molecule has 5 N–H and O–H groups in total. The van der Waals surface area contributed by atoms with Crippen molar-refractivity contribution in [1.29, 1.82) is 0 Å². The fraction of sp³-hybridized carbons (Fsp3) is 0.469. The number of fused-ring (bicyclic) bond motifs is 1. The van der Waals surface area contributed by atoms with E-state index in [1.807, 2.05) is 11.9 Å². The number of amides is 3. The molecule has 0 radical (unpaired) electrons. The number of ether oxygens (including phenoxy) is 2. The Morgan fingerprint density at radius 3 is 2.70 bits per heavy atom. The number of piperidine rings is 1. The maximum Gasteiger partial charge on any atom is 0.242 e. The van der Waals surface area contributed by atoms with E-state index in [0.29, 0.717) is 59.6 Å². The summed E-state index contributed by atoms with van der Waals surface area (Å²) in [6, 6.07) is 6.69. The zero-order valence-corrected chi connectivity index (χ0v) is 26.9. The van der Waals surface area contributed by atoms with Crippen LogP contribution in [0.3, 0.4) is 0 Å². The fourth-order valence-corrected chi connectivity index (χ4v) is 5.55. The van der Waals surface area contributed by atoms with Gasteiger partial charge in [-0.25, -0.2) is 14.4 Å². The first-order chi connectivity index (χ1) is 22.2. The summed E-state index contributed by atoms with van der Waals surface area (Å²) in [4.78, 5) is 48.1. The van der Waals surface area contributed by atoms with Crippen molar-refractivity contribution in [2.45, 2.75) is 63.5 Å². The van der Waals surface area contributed by atoms with E-state index in [1.54, 1.807) is 18.2 Å². The third kappa shape index (κ3) is 9.63. The monoisotopic (exact) mass is 657 g/mol. The van der Waals surface area contributed by atoms with E-state index in [0.717, 1.165) is 25.8 Å². The number of nitrogens with zero attached hydrogens (tertiary/aromatic N) is 3. The minimum absolute atomic E-state index is 0.0256. The van der Waals surface area contributed by atoms with E-state index in [9.17, 15) is 18.8 Å². The number of hydrogen-bond acceptors (Lipinski definition) is 9. The van der Waals surface area contributed by atoms with Crippen molar-refractivity contribution < 1.29 is 28.2 Å². The molecule has 1 unspecified atom stereocenters. The lowest BCUT2D eigenvalue weighted by Gasteiger charge is -2.32. The molecule has 1 saturated heterocycles. The third-order valence-corrected chi connectivity index (χ3v) is 8.17. The maximum absolute atomic E-state index is 13.6. The summed E-state index contributed by atoms with van der Waals surface area (Å²) in [5.74, 6) is -0.0713. The molecule has 46 heavy (non-hydrogen) atoms. The number of methoxy groups -OCH3 is 1. The Balaban J connectivity index is 1.39. The van der Waals surface area contributed by atoms with Crippen LogP contribution in [0.4, 0.5) is 15.9 Å². The minimum Gasteiger partial charge on any atom is -0.493 e. The highest BCUT2D eigenvalue weighted by atomic mass is 35.5. The Morgan fingerprint density at radius 2 is 1.96 bits per heavy atom. The summed E-state index contributed by atoms with van der Waals surface area (Å²) in [6.07, 6.45) is 6.86. The summed E-state index contributed by atoms with van der Waals surface area (Å²) in [6.45, 7) is 1.12. The molecule has 248 valence electrons. The van der Waals surface area contributed by atoms with Crippen LogP contribution in [-0.2, 0) is 14.4 Å². The predicted octanol–water partition coefficient (Wildman–Crippen LogP) is 4.07. The molecule has 0 aliphatic carbocycles. The van der Waals surface area contributed by atoms with Crippen LogP contribution >= 0.6 is 11.6 Å². The van der Waals surface area contributed by atoms with Gasteiger partial charge in [-0.3, -0.25) is 19.3 Å². The first-order valence-electron chi connectivity index (χ1n) is 15.4. The average molecular weight is 658 g/mol. The van der Waals surface area contributed by atoms with Crippen LogP contribution < -0.4 is 31.2 Å². The van der Waals surface area contributed by atoms with Crippen LogP contribution in [0.1, 0.15) is 51.4 Å². The van der Waals surface area contributed by atoms with Gasteiger partial charge < -0.3 is 31.2 Å². The maximum atomic E-state index is 13.6. The number of nitrogens with two attached hydrogens (primary N) is 1. The number of nitrogens with one attached hydrogen (secondary N) is 3. The molecule has 3 aromatic rings. The molecule has 0 spiro atoms. The smallest absolute Gasteiger partial charge is 0.242 e. The molecular formula is C32H41ClFN7O5. The van der Waals surface area contributed by atoms with Gasteiger partial charge in [0.05, 0.1) is 30.2 Å². The number of carbonyl (C=O) groups is 3. The lowest BCUT2D eigenvalue weighted by Crippen LogP contribution is -2.54. The average Bonchev–Trinajstić information content (AvgIpc) is 3.03. The number of likely N-dealkylation sites (tertiary alicyclic amines) is 1. The van der Waals surface area contributed by atoms with Crippen LogP contribution in [-0.4, -0.2) is 78.5 Å². The number of aromatic nitrogens is 2. The minimum atomic E-state index is -0.725. The van der Waals surface area contributed by atoms with Crippen molar-refractivity contribution in [3.05, 3.63) is 47.5 Å². The second-order valence-electron chi connectivity index (χ2n) is 11.3. The zero-order chi connectivity index (χ0) is 33.1. The second kappa shape index (κ2) is 16.9. The molecule has 14 heteroatoms. The molecule has 2 heterocycles. The molecule has 1 aliphatic rings. The highest BCUT2D eigenvalue weighted by Gasteiger charge is 2.29. The molecule has 0 saturated carbocycles. The second-order valence-corrected chi connectivity index (χ2v) is 11.7. The van der Waals surface area contributed by atoms with E-state index in [-0.39, 0.29) is 48.4 Å². The SMILES string of the molecule is COc1cc2ncnc(Nc3ccc(F)c(Cl)c3)c2cc1OCCNC(=O)[C@H](CCCCCC(N)=O)NC(=O)C1CCCCN1C. The molecule has 2 aromatic carbocycles. The number of rotatable bonds is 16. The molecule has 12 nitrogen and oxygen atoms in total. The predicted molar refractivity (Wildman–Crippen MR) is 174 cm³/mol. The number of primary amides is 1. The molecule has 4 rings (SSSR count). The van der Waals surface area contributed by atoms with E-state index >= 15 is 0 Å². The van der Waals surface area contributed by atoms with Crippen molar-refractivity contribution in [2.24, 2.45) is 5.73 Å². The molecule has 1 aliphatic heterocycles. The van der Waals surface area contributed by atoms with Crippen molar-refractivity contribution in [3.63, 3.8) is 0 Å². The first kappa shape index (κ1) is 34.6. The highest BCUT2D eigenvalue weighted by molar-refractivity contribution is 6.31. The van der Waals surface area contributed by atoms with E-state index in [2.05, 4.69) is 25.9 Å². The molecule has 2 atom stereocenters. The lowest BCUT2D eigenvalue weighted by atomic mass is 10.0. The van der Waals surface area contributed by atoms with Gasteiger partial charge in [0.1, 0.15) is 30.6 Å². The van der Waals surface area contributed by atoms with Crippen molar-refractivity contribution in [3.8, 4) is 11.5 Å². The van der Waals surface area contributed by atoms with Gasteiger partial charge in [-0.05, 0) is 63.5 Å². The Labute approximate surface area is 272 Å². The molecular weight excluding hydrogens is 617 g/mol. The Morgan fingerprint density at radius 1 is 1.13 bits per heavy atom. The first-order valence-corrected chi connectivity index (χ1v) is 15.8. The Hall–Kier alpha value is -4.23. The topological polar surface area (TPSA) is 161 Å². The van der Waals surface area contributed by atoms with Crippen LogP contribution in [0.5, 0.6) is 11.5 Å². The number of anilines is 2. The summed E-state index contributed by atoms with van der Waals surface area (Å²) in [7, 11) is 3.43. The van der Waals surface area contributed by atoms with Gasteiger partial charge in [-0.1, -0.05) is 30.9 Å². The Bertz CT molecular complexity index is 1530. The molecule has 0 bridgehead atoms. The number of halogens is 2. The van der Waals surface area contributed by atoms with Crippen LogP contribution in [0.25, 0.3) is 10.9 Å². The number of benzene rings is 2. The summed E-state index contributed by atoms with van der Waals surface area (Å²) in [5, 5.41) is 9.55. The number of likely N-dealkylation sites (N-methyl/N-ethyl adjacent to an activating group) is 1. The van der Waals surface area contributed by atoms with Gasteiger partial charge in [0.25, 0.3) is 0 Å². The van der Waals surface area contributed by atoms with Gasteiger partial charge in [0, 0.05) is 23.6 Å². The van der Waals surface area contributed by atoms with E-state index in [1.165, 1.54) is 25.6 Å². The van der Waals surface area contributed by atoms with Crippen LogP contribution in [0.2, 0.25) is 5.02 Å². The summed E-state index contributed by atoms with van der Waals surface area (Å²) in [5.41, 5.74) is 6.36. The summed E-state index contributed by atoms with van der Waals surface area (Å²) >= 11 is 5.94.